The summed E-state index contributed by atoms with van der Waals surface area (Å²) in [4.78, 5) is 8.11. The molecule has 1 N–H and O–H groups in total. The fourth-order valence-corrected chi connectivity index (χ4v) is 1.92. The summed E-state index contributed by atoms with van der Waals surface area (Å²) < 4.78 is 0. The van der Waals surface area contributed by atoms with Crippen molar-refractivity contribution in [3.63, 3.8) is 0 Å². The van der Waals surface area contributed by atoms with Crippen LogP contribution in [0.25, 0.3) is 10.8 Å². The van der Waals surface area contributed by atoms with Crippen LogP contribution in [-0.2, 0) is 6.54 Å². The van der Waals surface area contributed by atoms with E-state index < -0.39 is 0 Å². The minimum atomic E-state index is 0.808. The molecule has 0 unspecified atom stereocenters. The zero-order chi connectivity index (χ0) is 12.2. The molecule has 0 bridgehead atoms. The van der Waals surface area contributed by atoms with Crippen LogP contribution in [0, 0.1) is 0 Å². The molecule has 3 aromatic rings. The predicted molar refractivity (Wildman–Crippen MR) is 73.3 cm³/mol. The van der Waals surface area contributed by atoms with Gasteiger partial charge in [-0.25, -0.2) is 0 Å². The number of pyridine rings is 2. The number of fused-ring (bicyclic) bond motifs is 1. The molecule has 0 aliphatic rings. The van der Waals surface area contributed by atoms with Crippen molar-refractivity contribution in [3.05, 3.63) is 66.7 Å². The quantitative estimate of drug-likeness (QED) is 0.757. The molecule has 0 aliphatic heterocycles. The van der Waals surface area contributed by atoms with Crippen LogP contribution in [0.3, 0.4) is 0 Å². The van der Waals surface area contributed by atoms with Gasteiger partial charge in [-0.2, -0.15) is 0 Å². The number of aromatic nitrogens is 2. The van der Waals surface area contributed by atoms with Gasteiger partial charge in [-0.3, -0.25) is 9.97 Å². The zero-order valence-corrected chi connectivity index (χ0v) is 9.88. The van der Waals surface area contributed by atoms with Crippen LogP contribution in [0.5, 0.6) is 0 Å². The lowest BCUT2D eigenvalue weighted by Gasteiger charge is -2.07. The van der Waals surface area contributed by atoms with Gasteiger partial charge in [0, 0.05) is 42.4 Å². The van der Waals surface area contributed by atoms with E-state index in [0.29, 0.717) is 0 Å². The highest BCUT2D eigenvalue weighted by Gasteiger charge is 1.97. The molecule has 0 atom stereocenters. The van der Waals surface area contributed by atoms with E-state index in [0.717, 1.165) is 12.2 Å². The second-order valence-corrected chi connectivity index (χ2v) is 4.15. The first-order valence-electron chi connectivity index (χ1n) is 5.88. The molecular weight excluding hydrogens is 222 g/mol. The summed E-state index contributed by atoms with van der Waals surface area (Å²) in [7, 11) is 0. The fraction of sp³-hybridized carbons (Fsp3) is 0.0667. The summed E-state index contributed by atoms with van der Waals surface area (Å²) in [5.41, 5.74) is 2.34. The Labute approximate surface area is 106 Å². The molecule has 0 fully saturated rings. The predicted octanol–water partition coefficient (Wildman–Crippen LogP) is 3.24. The maximum atomic E-state index is 4.11. The van der Waals surface area contributed by atoms with Crippen LogP contribution in [-0.4, -0.2) is 9.97 Å². The molecule has 2 aromatic heterocycles. The van der Waals surface area contributed by atoms with Gasteiger partial charge in [0.05, 0.1) is 0 Å². The number of nitrogens with zero attached hydrogens (tertiary/aromatic N) is 2. The number of hydrogen-bond acceptors (Lipinski definition) is 3. The fourth-order valence-electron chi connectivity index (χ4n) is 1.92. The minimum Gasteiger partial charge on any atom is -0.381 e. The maximum absolute atomic E-state index is 4.11. The van der Waals surface area contributed by atoms with Crippen molar-refractivity contribution in [2.75, 3.05) is 5.32 Å². The molecule has 0 radical (unpaired) electrons. The van der Waals surface area contributed by atoms with Crippen molar-refractivity contribution in [3.8, 4) is 0 Å². The Morgan fingerprint density at radius 2 is 1.67 bits per heavy atom. The lowest BCUT2D eigenvalue weighted by atomic mass is 10.1. The van der Waals surface area contributed by atoms with Crippen molar-refractivity contribution in [2.45, 2.75) is 6.54 Å². The smallest absolute Gasteiger partial charge is 0.0401 e. The maximum Gasteiger partial charge on any atom is 0.0401 e. The molecule has 3 nitrogen and oxygen atoms in total. The summed E-state index contributed by atoms with van der Waals surface area (Å²) in [6.45, 7) is 0.808. The molecule has 0 spiro atoms. The molecule has 0 amide bonds. The van der Waals surface area contributed by atoms with Crippen LogP contribution in [0.15, 0.2) is 61.2 Å². The SMILES string of the molecule is c1cc(NCc2ccc3cnccc3c2)ccn1. The van der Waals surface area contributed by atoms with E-state index in [1.165, 1.54) is 16.3 Å². The molecule has 0 saturated carbocycles. The Balaban J connectivity index is 1.79. The summed E-state index contributed by atoms with van der Waals surface area (Å²) in [6, 6.07) is 12.4. The first-order valence-corrected chi connectivity index (χ1v) is 5.88. The molecule has 0 saturated heterocycles. The summed E-state index contributed by atoms with van der Waals surface area (Å²) in [6.07, 6.45) is 7.28. The Morgan fingerprint density at radius 3 is 2.56 bits per heavy atom. The van der Waals surface area contributed by atoms with Gasteiger partial charge in [-0.1, -0.05) is 12.1 Å². The lowest BCUT2D eigenvalue weighted by molar-refractivity contribution is 1.15. The van der Waals surface area contributed by atoms with E-state index in [-0.39, 0.29) is 0 Å². The van der Waals surface area contributed by atoms with Gasteiger partial charge in [0.2, 0.25) is 0 Å². The first-order chi connectivity index (χ1) is 8.92. The normalized spacial score (nSPS) is 10.4. The Hall–Kier alpha value is -2.42. The van der Waals surface area contributed by atoms with E-state index in [1.54, 1.807) is 12.4 Å². The molecule has 88 valence electrons. The number of rotatable bonds is 3. The van der Waals surface area contributed by atoms with Crippen LogP contribution in [0.4, 0.5) is 5.69 Å². The van der Waals surface area contributed by atoms with E-state index in [2.05, 4.69) is 33.5 Å². The van der Waals surface area contributed by atoms with E-state index >= 15 is 0 Å². The van der Waals surface area contributed by atoms with Crippen LogP contribution in [0.1, 0.15) is 5.56 Å². The standard InChI is InChI=1S/C15H13N3/c1-2-14-11-17-6-3-13(14)9-12(1)10-18-15-4-7-16-8-5-15/h1-9,11H,10H2,(H,16,18). The van der Waals surface area contributed by atoms with E-state index in [1.807, 2.05) is 30.6 Å². The Bertz CT molecular complexity index is 650. The van der Waals surface area contributed by atoms with Crippen molar-refractivity contribution in [2.24, 2.45) is 0 Å². The van der Waals surface area contributed by atoms with Crippen molar-refractivity contribution in [1.82, 2.24) is 9.97 Å². The third-order valence-electron chi connectivity index (χ3n) is 2.88. The largest absolute Gasteiger partial charge is 0.381 e. The van der Waals surface area contributed by atoms with Gasteiger partial charge in [0.1, 0.15) is 0 Å². The molecule has 2 heterocycles. The number of hydrogen-bond donors (Lipinski definition) is 1. The lowest BCUT2D eigenvalue weighted by Crippen LogP contribution is -1.99. The molecule has 0 aliphatic carbocycles. The first kappa shape index (κ1) is 10.7. The van der Waals surface area contributed by atoms with Gasteiger partial charge in [-0.15, -0.1) is 0 Å². The van der Waals surface area contributed by atoms with Gasteiger partial charge < -0.3 is 5.32 Å². The molecule has 3 rings (SSSR count). The topological polar surface area (TPSA) is 37.8 Å². The van der Waals surface area contributed by atoms with Crippen LogP contribution < -0.4 is 5.32 Å². The highest BCUT2D eigenvalue weighted by atomic mass is 14.9. The van der Waals surface area contributed by atoms with Gasteiger partial charge >= 0.3 is 0 Å². The van der Waals surface area contributed by atoms with Crippen molar-refractivity contribution in [1.29, 1.82) is 0 Å². The van der Waals surface area contributed by atoms with Crippen molar-refractivity contribution >= 4 is 16.5 Å². The van der Waals surface area contributed by atoms with Gasteiger partial charge in [-0.05, 0) is 35.2 Å². The Kier molecular flexibility index (Phi) is 2.88. The molecular formula is C15H13N3. The second-order valence-electron chi connectivity index (χ2n) is 4.15. The average molecular weight is 235 g/mol. The zero-order valence-electron chi connectivity index (χ0n) is 9.88. The molecule has 1 aromatic carbocycles. The number of anilines is 1. The van der Waals surface area contributed by atoms with Gasteiger partial charge in [0.15, 0.2) is 0 Å². The summed E-state index contributed by atoms with van der Waals surface area (Å²) in [5.74, 6) is 0. The van der Waals surface area contributed by atoms with Crippen molar-refractivity contribution < 1.29 is 0 Å². The van der Waals surface area contributed by atoms with E-state index in [4.69, 9.17) is 0 Å². The van der Waals surface area contributed by atoms with Gasteiger partial charge in [0.25, 0.3) is 0 Å². The highest BCUT2D eigenvalue weighted by Crippen LogP contribution is 2.15. The van der Waals surface area contributed by atoms with Crippen LogP contribution >= 0.6 is 0 Å². The summed E-state index contributed by atoms with van der Waals surface area (Å²) >= 11 is 0. The number of benzene rings is 1. The second kappa shape index (κ2) is 4.84. The number of nitrogens with one attached hydrogen (secondary N) is 1. The average Bonchev–Trinajstić information content (AvgIpc) is 2.46. The van der Waals surface area contributed by atoms with E-state index in [9.17, 15) is 0 Å². The minimum absolute atomic E-state index is 0.808. The Morgan fingerprint density at radius 1 is 0.833 bits per heavy atom. The molecule has 18 heavy (non-hydrogen) atoms. The third-order valence-corrected chi connectivity index (χ3v) is 2.88. The highest BCUT2D eigenvalue weighted by molar-refractivity contribution is 5.82. The third kappa shape index (κ3) is 2.30. The molecule has 3 heteroatoms. The summed E-state index contributed by atoms with van der Waals surface area (Å²) in [5, 5.41) is 5.76. The van der Waals surface area contributed by atoms with Crippen LogP contribution in [0.2, 0.25) is 0 Å². The monoisotopic (exact) mass is 235 g/mol.